The van der Waals surface area contributed by atoms with E-state index >= 15 is 0 Å². The van der Waals surface area contributed by atoms with E-state index in [2.05, 4.69) is 27.7 Å². The molecule has 3 rings (SSSR count). The summed E-state index contributed by atoms with van der Waals surface area (Å²) in [6.45, 7) is 4.10. The van der Waals surface area contributed by atoms with Crippen LogP contribution in [0.1, 0.15) is 25.7 Å². The van der Waals surface area contributed by atoms with Gasteiger partial charge in [0.05, 0.1) is 5.92 Å². The summed E-state index contributed by atoms with van der Waals surface area (Å²) in [5, 5.41) is 6.36. The van der Waals surface area contributed by atoms with Crippen molar-refractivity contribution in [3.63, 3.8) is 0 Å². The van der Waals surface area contributed by atoms with Crippen LogP contribution in [-0.2, 0) is 4.79 Å². The molecule has 1 unspecified atom stereocenters. The second-order valence-corrected chi connectivity index (χ2v) is 5.78. The van der Waals surface area contributed by atoms with Crippen LogP contribution in [0.15, 0.2) is 24.3 Å². The molecule has 124 valence electrons. The molecule has 2 aliphatic rings. The minimum atomic E-state index is 0. The second-order valence-electron chi connectivity index (χ2n) is 5.78. The first kappa shape index (κ1) is 19.1. The Hall–Kier alpha value is -0.970. The lowest BCUT2D eigenvalue weighted by Gasteiger charge is -2.22. The predicted molar refractivity (Wildman–Crippen MR) is 96.6 cm³/mol. The van der Waals surface area contributed by atoms with Crippen LogP contribution in [0.2, 0.25) is 0 Å². The van der Waals surface area contributed by atoms with Crippen LogP contribution in [0.3, 0.4) is 0 Å². The van der Waals surface area contributed by atoms with Crippen molar-refractivity contribution in [3.05, 3.63) is 24.3 Å². The third kappa shape index (κ3) is 4.77. The van der Waals surface area contributed by atoms with Gasteiger partial charge in [-0.3, -0.25) is 4.79 Å². The van der Waals surface area contributed by atoms with Crippen LogP contribution in [0.5, 0.6) is 0 Å². The quantitative estimate of drug-likeness (QED) is 0.884. The lowest BCUT2D eigenvalue weighted by Crippen LogP contribution is -2.37. The van der Waals surface area contributed by atoms with Gasteiger partial charge in [0.2, 0.25) is 5.91 Å². The van der Waals surface area contributed by atoms with E-state index in [1.165, 1.54) is 18.5 Å². The van der Waals surface area contributed by atoms with Gasteiger partial charge in [0.25, 0.3) is 0 Å². The van der Waals surface area contributed by atoms with Gasteiger partial charge in [0, 0.05) is 31.0 Å². The van der Waals surface area contributed by atoms with Crippen LogP contribution in [0, 0.1) is 5.92 Å². The van der Waals surface area contributed by atoms with E-state index in [1.807, 2.05) is 12.1 Å². The van der Waals surface area contributed by atoms with Crippen molar-refractivity contribution in [2.24, 2.45) is 5.92 Å². The van der Waals surface area contributed by atoms with E-state index in [9.17, 15) is 4.79 Å². The number of rotatable bonds is 3. The summed E-state index contributed by atoms with van der Waals surface area (Å²) in [6.07, 6.45) is 4.62. The average molecular weight is 346 g/mol. The van der Waals surface area contributed by atoms with E-state index in [4.69, 9.17) is 0 Å². The molecule has 6 heteroatoms. The highest BCUT2D eigenvalue weighted by Crippen LogP contribution is 2.24. The van der Waals surface area contributed by atoms with Gasteiger partial charge in [0.15, 0.2) is 0 Å². The molecule has 0 saturated carbocycles. The maximum atomic E-state index is 12.2. The number of nitrogens with one attached hydrogen (secondary N) is 2. The summed E-state index contributed by atoms with van der Waals surface area (Å²) in [4.78, 5) is 14.6. The Bertz CT molecular complexity index is 472. The van der Waals surface area contributed by atoms with E-state index in [1.54, 1.807) is 0 Å². The number of carbonyl (C=O) groups is 1. The maximum absolute atomic E-state index is 12.2. The summed E-state index contributed by atoms with van der Waals surface area (Å²) in [5.41, 5.74) is 2.15. The first-order chi connectivity index (χ1) is 9.83. The van der Waals surface area contributed by atoms with Crippen molar-refractivity contribution >= 4 is 42.1 Å². The molecule has 1 aromatic carbocycles. The normalized spacial score (nSPS) is 20.7. The Balaban J connectivity index is 0.00000121. The zero-order valence-electron chi connectivity index (χ0n) is 12.7. The molecule has 0 bridgehead atoms. The van der Waals surface area contributed by atoms with Crippen LogP contribution in [-0.4, -0.2) is 32.1 Å². The summed E-state index contributed by atoms with van der Waals surface area (Å²) in [5.74, 6) is 0.259. The maximum Gasteiger partial charge on any atom is 0.228 e. The molecule has 2 fully saturated rings. The standard InChI is InChI=1S/C16H23N3O.2ClH/c20-16(13-5-4-8-17-12-13)18-14-6-3-7-15(11-14)19-9-1-2-10-19;;/h3,6-7,11,13,17H,1-2,4-5,8-10,12H2,(H,18,20);2*1H. The van der Waals surface area contributed by atoms with Gasteiger partial charge in [-0.15, -0.1) is 24.8 Å². The van der Waals surface area contributed by atoms with Crippen molar-refractivity contribution in [2.75, 3.05) is 36.4 Å². The molecule has 1 aromatic rings. The summed E-state index contributed by atoms with van der Waals surface area (Å²) >= 11 is 0. The molecule has 2 heterocycles. The fourth-order valence-electron chi connectivity index (χ4n) is 3.08. The van der Waals surface area contributed by atoms with Crippen LogP contribution in [0.25, 0.3) is 0 Å². The largest absolute Gasteiger partial charge is 0.371 e. The number of nitrogens with zero attached hydrogens (tertiary/aromatic N) is 1. The molecule has 0 aliphatic carbocycles. The van der Waals surface area contributed by atoms with Gasteiger partial charge < -0.3 is 15.5 Å². The molecule has 2 aliphatic heterocycles. The fraction of sp³-hybridized carbons (Fsp3) is 0.562. The highest BCUT2D eigenvalue weighted by atomic mass is 35.5. The minimum Gasteiger partial charge on any atom is -0.371 e. The van der Waals surface area contributed by atoms with Crippen LogP contribution in [0.4, 0.5) is 11.4 Å². The number of hydrogen-bond donors (Lipinski definition) is 2. The van der Waals surface area contributed by atoms with Crippen LogP contribution < -0.4 is 15.5 Å². The average Bonchev–Trinajstić information content (AvgIpc) is 3.03. The predicted octanol–water partition coefficient (Wildman–Crippen LogP) is 3.07. The molecule has 2 N–H and O–H groups in total. The molecule has 2 saturated heterocycles. The van der Waals surface area contributed by atoms with Crippen molar-refractivity contribution in [2.45, 2.75) is 25.7 Å². The van der Waals surface area contributed by atoms with Crippen molar-refractivity contribution in [1.82, 2.24) is 5.32 Å². The Morgan fingerprint density at radius 2 is 1.95 bits per heavy atom. The Morgan fingerprint density at radius 3 is 2.64 bits per heavy atom. The molecule has 0 radical (unpaired) electrons. The third-order valence-corrected chi connectivity index (χ3v) is 4.25. The minimum absolute atomic E-state index is 0. The first-order valence-electron chi connectivity index (χ1n) is 7.69. The second kappa shape index (κ2) is 9.23. The van der Waals surface area contributed by atoms with E-state index < -0.39 is 0 Å². The molecular weight excluding hydrogens is 321 g/mol. The van der Waals surface area contributed by atoms with E-state index in [0.717, 1.165) is 44.7 Å². The number of carbonyl (C=O) groups excluding carboxylic acids is 1. The molecule has 22 heavy (non-hydrogen) atoms. The number of amides is 1. The highest BCUT2D eigenvalue weighted by Gasteiger charge is 2.21. The summed E-state index contributed by atoms with van der Waals surface area (Å²) in [6, 6.07) is 8.23. The van der Waals surface area contributed by atoms with Gasteiger partial charge in [-0.05, 0) is 50.4 Å². The lowest BCUT2D eigenvalue weighted by atomic mass is 9.99. The van der Waals surface area contributed by atoms with Gasteiger partial charge in [-0.1, -0.05) is 6.07 Å². The monoisotopic (exact) mass is 345 g/mol. The summed E-state index contributed by atoms with van der Waals surface area (Å²) < 4.78 is 0. The number of anilines is 2. The zero-order chi connectivity index (χ0) is 13.8. The molecule has 0 spiro atoms. The molecule has 1 amide bonds. The van der Waals surface area contributed by atoms with Gasteiger partial charge in [-0.2, -0.15) is 0 Å². The number of piperidine rings is 1. The first-order valence-corrected chi connectivity index (χ1v) is 7.69. The number of halogens is 2. The Labute approximate surface area is 144 Å². The van der Waals surface area contributed by atoms with Crippen molar-refractivity contribution < 1.29 is 4.79 Å². The fourth-order valence-corrected chi connectivity index (χ4v) is 3.08. The van der Waals surface area contributed by atoms with Crippen molar-refractivity contribution in [3.8, 4) is 0 Å². The molecule has 1 atom stereocenters. The van der Waals surface area contributed by atoms with Gasteiger partial charge >= 0.3 is 0 Å². The topological polar surface area (TPSA) is 44.4 Å². The smallest absolute Gasteiger partial charge is 0.228 e. The molecule has 0 aromatic heterocycles. The van der Waals surface area contributed by atoms with Gasteiger partial charge in [-0.25, -0.2) is 0 Å². The number of hydrogen-bond acceptors (Lipinski definition) is 3. The molecular formula is C16H25Cl2N3O. The lowest BCUT2D eigenvalue weighted by molar-refractivity contribution is -0.120. The van der Waals surface area contributed by atoms with E-state index in [0.29, 0.717) is 0 Å². The zero-order valence-corrected chi connectivity index (χ0v) is 14.3. The van der Waals surface area contributed by atoms with E-state index in [-0.39, 0.29) is 36.6 Å². The Morgan fingerprint density at radius 1 is 1.18 bits per heavy atom. The highest BCUT2D eigenvalue weighted by molar-refractivity contribution is 5.93. The SMILES string of the molecule is Cl.Cl.O=C(Nc1cccc(N2CCCC2)c1)C1CCCNC1. The third-order valence-electron chi connectivity index (χ3n) is 4.25. The Kier molecular flexibility index (Phi) is 8.01. The number of benzene rings is 1. The van der Waals surface area contributed by atoms with Crippen molar-refractivity contribution in [1.29, 1.82) is 0 Å². The van der Waals surface area contributed by atoms with Crippen LogP contribution >= 0.6 is 24.8 Å². The summed E-state index contributed by atoms with van der Waals surface area (Å²) in [7, 11) is 0. The molecule has 4 nitrogen and oxygen atoms in total. The van der Waals surface area contributed by atoms with Gasteiger partial charge in [0.1, 0.15) is 0 Å².